The van der Waals surface area contributed by atoms with Crippen molar-refractivity contribution in [1.82, 2.24) is 14.8 Å². The molecule has 0 radical (unpaired) electrons. The number of para-hydroxylation sites is 1. The molecule has 7 heteroatoms. The van der Waals surface area contributed by atoms with Gasteiger partial charge in [-0.25, -0.2) is 0 Å². The summed E-state index contributed by atoms with van der Waals surface area (Å²) in [5.41, 5.74) is 1.59. The van der Waals surface area contributed by atoms with Gasteiger partial charge >= 0.3 is 0 Å². The Bertz CT molecular complexity index is 882. The van der Waals surface area contributed by atoms with Crippen LogP contribution in [0.25, 0.3) is 11.4 Å². The quantitative estimate of drug-likeness (QED) is 0.680. The largest absolute Gasteiger partial charge is 0.324 e. The Morgan fingerprint density at radius 3 is 2.52 bits per heavy atom. The van der Waals surface area contributed by atoms with Crippen LogP contribution < -0.4 is 5.32 Å². The minimum Gasteiger partial charge on any atom is -0.324 e. The lowest BCUT2D eigenvalue weighted by molar-refractivity contribution is -0.115. The molecule has 0 aliphatic rings. The number of aromatic nitrogens is 3. The van der Waals surface area contributed by atoms with Crippen molar-refractivity contribution in [2.24, 2.45) is 7.05 Å². The molecule has 2 aromatic carbocycles. The Kier molecular flexibility index (Phi) is 5.40. The summed E-state index contributed by atoms with van der Waals surface area (Å²) >= 11 is 7.43. The molecule has 128 valence electrons. The van der Waals surface area contributed by atoms with Crippen molar-refractivity contribution in [2.75, 3.05) is 5.32 Å². The average molecular weight is 373 g/mol. The molecule has 0 aliphatic carbocycles. The number of nitrogens with one attached hydrogen (secondary N) is 1. The first-order valence-electron chi connectivity index (χ1n) is 7.73. The van der Waals surface area contributed by atoms with Crippen LogP contribution in [0.1, 0.15) is 6.92 Å². The summed E-state index contributed by atoms with van der Waals surface area (Å²) in [5.74, 6) is 0.629. The van der Waals surface area contributed by atoms with E-state index in [1.165, 1.54) is 11.8 Å². The van der Waals surface area contributed by atoms with Crippen LogP contribution in [0.15, 0.2) is 59.8 Å². The van der Waals surface area contributed by atoms with Gasteiger partial charge in [0.05, 0.1) is 16.0 Å². The Labute approximate surface area is 155 Å². The lowest BCUT2D eigenvalue weighted by atomic mass is 10.2. The van der Waals surface area contributed by atoms with Gasteiger partial charge in [-0.05, 0) is 19.1 Å². The van der Waals surface area contributed by atoms with Gasteiger partial charge in [0.2, 0.25) is 5.91 Å². The third-order valence-corrected chi connectivity index (χ3v) is 5.11. The molecule has 0 saturated carbocycles. The van der Waals surface area contributed by atoms with Crippen LogP contribution >= 0.6 is 23.4 Å². The van der Waals surface area contributed by atoms with E-state index in [-0.39, 0.29) is 11.2 Å². The molecule has 1 atom stereocenters. The van der Waals surface area contributed by atoms with Crippen LogP contribution in [0.5, 0.6) is 0 Å². The Hall–Kier alpha value is -2.31. The fraction of sp³-hybridized carbons (Fsp3) is 0.167. The van der Waals surface area contributed by atoms with Gasteiger partial charge < -0.3 is 9.88 Å². The van der Waals surface area contributed by atoms with E-state index in [1.54, 1.807) is 12.1 Å². The topological polar surface area (TPSA) is 59.8 Å². The molecular weight excluding hydrogens is 356 g/mol. The molecule has 0 aliphatic heterocycles. The van der Waals surface area contributed by atoms with E-state index in [0.29, 0.717) is 15.9 Å². The maximum Gasteiger partial charge on any atom is 0.237 e. The summed E-state index contributed by atoms with van der Waals surface area (Å²) < 4.78 is 1.89. The van der Waals surface area contributed by atoms with E-state index in [0.717, 1.165) is 11.4 Å². The van der Waals surface area contributed by atoms with E-state index in [4.69, 9.17) is 11.6 Å². The van der Waals surface area contributed by atoms with Gasteiger partial charge in [-0.2, -0.15) is 0 Å². The van der Waals surface area contributed by atoms with Gasteiger partial charge in [0.15, 0.2) is 11.0 Å². The molecule has 0 saturated heterocycles. The van der Waals surface area contributed by atoms with Gasteiger partial charge in [-0.15, -0.1) is 10.2 Å². The minimum absolute atomic E-state index is 0.137. The Morgan fingerprint density at radius 2 is 1.80 bits per heavy atom. The first-order valence-corrected chi connectivity index (χ1v) is 8.99. The Morgan fingerprint density at radius 1 is 1.12 bits per heavy atom. The fourth-order valence-corrected chi connectivity index (χ4v) is 3.26. The predicted octanol–water partition coefficient (Wildman–Crippen LogP) is 4.25. The molecule has 0 bridgehead atoms. The predicted molar refractivity (Wildman–Crippen MR) is 102 cm³/mol. The highest BCUT2D eigenvalue weighted by molar-refractivity contribution is 8.00. The number of hydrogen-bond donors (Lipinski definition) is 1. The van der Waals surface area contributed by atoms with Crippen LogP contribution in [0.3, 0.4) is 0 Å². The van der Waals surface area contributed by atoms with Crippen LogP contribution in [0.2, 0.25) is 5.02 Å². The lowest BCUT2D eigenvalue weighted by Crippen LogP contribution is -2.23. The molecule has 1 amide bonds. The van der Waals surface area contributed by atoms with Crippen molar-refractivity contribution in [3.8, 4) is 11.4 Å². The summed E-state index contributed by atoms with van der Waals surface area (Å²) in [6, 6.07) is 17.0. The summed E-state index contributed by atoms with van der Waals surface area (Å²) in [6.45, 7) is 1.83. The SMILES string of the molecule is CC(Sc1nnc(-c2ccccc2)n1C)C(=O)Nc1ccccc1Cl. The van der Waals surface area contributed by atoms with Gasteiger partial charge in [0, 0.05) is 12.6 Å². The van der Waals surface area contributed by atoms with E-state index in [1.807, 2.05) is 61.0 Å². The number of benzene rings is 2. The van der Waals surface area contributed by atoms with Crippen molar-refractivity contribution in [1.29, 1.82) is 0 Å². The van der Waals surface area contributed by atoms with E-state index in [9.17, 15) is 4.79 Å². The molecule has 1 N–H and O–H groups in total. The van der Waals surface area contributed by atoms with E-state index >= 15 is 0 Å². The molecule has 1 unspecified atom stereocenters. The number of anilines is 1. The summed E-state index contributed by atoms with van der Waals surface area (Å²) in [4.78, 5) is 12.4. The first-order chi connectivity index (χ1) is 12.1. The normalized spacial score (nSPS) is 12.0. The van der Waals surface area contributed by atoms with Crippen LogP contribution in [0.4, 0.5) is 5.69 Å². The summed E-state index contributed by atoms with van der Waals surface area (Å²) in [6.07, 6.45) is 0. The third kappa shape index (κ3) is 4.03. The van der Waals surface area contributed by atoms with Gasteiger partial charge in [-0.1, -0.05) is 65.8 Å². The molecule has 5 nitrogen and oxygen atoms in total. The van der Waals surface area contributed by atoms with E-state index in [2.05, 4.69) is 15.5 Å². The van der Waals surface area contributed by atoms with Crippen LogP contribution in [0, 0.1) is 0 Å². The molecule has 1 aromatic heterocycles. The molecule has 25 heavy (non-hydrogen) atoms. The van der Waals surface area contributed by atoms with Gasteiger partial charge in [-0.3, -0.25) is 4.79 Å². The first kappa shape index (κ1) is 17.5. The molecule has 3 rings (SSSR count). The number of halogens is 1. The molecular formula is C18H17ClN4OS. The third-order valence-electron chi connectivity index (χ3n) is 3.65. The summed E-state index contributed by atoms with van der Waals surface area (Å²) in [5, 5.41) is 12.1. The number of thioether (sulfide) groups is 1. The fourth-order valence-electron chi connectivity index (χ4n) is 2.26. The standard InChI is InChI=1S/C18H17ClN4OS/c1-12(17(24)20-15-11-7-6-10-14(15)19)25-18-22-21-16(23(18)2)13-8-4-3-5-9-13/h3-12H,1-2H3,(H,20,24). The van der Waals surface area contributed by atoms with Crippen LogP contribution in [-0.4, -0.2) is 25.9 Å². The summed E-state index contributed by atoms with van der Waals surface area (Å²) in [7, 11) is 1.89. The zero-order valence-corrected chi connectivity index (χ0v) is 15.4. The van der Waals surface area contributed by atoms with Crippen molar-refractivity contribution >= 4 is 35.0 Å². The zero-order valence-electron chi connectivity index (χ0n) is 13.8. The maximum absolute atomic E-state index is 12.4. The van der Waals surface area contributed by atoms with Gasteiger partial charge in [0.1, 0.15) is 0 Å². The number of hydrogen-bond acceptors (Lipinski definition) is 4. The second-order valence-corrected chi connectivity index (χ2v) is 7.18. The van der Waals surface area contributed by atoms with Gasteiger partial charge in [0.25, 0.3) is 0 Å². The molecule has 3 aromatic rings. The molecule has 0 spiro atoms. The zero-order chi connectivity index (χ0) is 17.8. The smallest absolute Gasteiger partial charge is 0.237 e. The highest BCUT2D eigenvalue weighted by Crippen LogP contribution is 2.27. The number of amides is 1. The number of nitrogens with zero attached hydrogens (tertiary/aromatic N) is 3. The average Bonchev–Trinajstić information content (AvgIpc) is 2.98. The number of carbonyl (C=O) groups is 1. The second-order valence-electron chi connectivity index (χ2n) is 5.46. The highest BCUT2D eigenvalue weighted by atomic mass is 35.5. The van der Waals surface area contributed by atoms with Crippen molar-refractivity contribution < 1.29 is 4.79 Å². The Balaban J connectivity index is 1.71. The van der Waals surface area contributed by atoms with Crippen molar-refractivity contribution in [2.45, 2.75) is 17.3 Å². The minimum atomic E-state index is -0.345. The van der Waals surface area contributed by atoms with E-state index < -0.39 is 0 Å². The number of carbonyl (C=O) groups excluding carboxylic acids is 1. The highest BCUT2D eigenvalue weighted by Gasteiger charge is 2.20. The van der Waals surface area contributed by atoms with Crippen molar-refractivity contribution in [3.05, 3.63) is 59.6 Å². The maximum atomic E-state index is 12.4. The molecule has 0 fully saturated rings. The number of rotatable bonds is 5. The molecule has 1 heterocycles. The van der Waals surface area contributed by atoms with Crippen LogP contribution in [-0.2, 0) is 11.8 Å². The monoisotopic (exact) mass is 372 g/mol. The lowest BCUT2D eigenvalue weighted by Gasteiger charge is -2.12. The van der Waals surface area contributed by atoms with Crippen molar-refractivity contribution in [3.63, 3.8) is 0 Å². The second kappa shape index (κ2) is 7.72.